The molecular formula is C17H29N5O3S. The molecule has 2 saturated heterocycles. The van der Waals surface area contributed by atoms with E-state index in [1.54, 1.807) is 0 Å². The smallest absolute Gasteiger partial charge is 0.233 e. The molecular weight excluding hydrogens is 354 g/mol. The number of nitrogens with one attached hydrogen (secondary N) is 1. The SMILES string of the molecule is Cc1nc(SCC(=O)N2CC[C@@](O)(CN3CCOCC3)C(C)(C)C2)n[nH]1. The van der Waals surface area contributed by atoms with Crippen molar-refractivity contribution in [3.8, 4) is 0 Å². The molecule has 0 saturated carbocycles. The van der Waals surface area contributed by atoms with Crippen molar-refractivity contribution < 1.29 is 14.6 Å². The average molecular weight is 384 g/mol. The molecule has 3 rings (SSSR count). The predicted molar refractivity (Wildman–Crippen MR) is 99.0 cm³/mol. The monoisotopic (exact) mass is 383 g/mol. The van der Waals surface area contributed by atoms with Crippen molar-refractivity contribution in [2.45, 2.75) is 37.9 Å². The fourth-order valence-electron chi connectivity index (χ4n) is 3.60. The first kappa shape index (κ1) is 19.6. The van der Waals surface area contributed by atoms with Gasteiger partial charge < -0.3 is 14.7 Å². The van der Waals surface area contributed by atoms with E-state index in [4.69, 9.17) is 4.74 Å². The minimum absolute atomic E-state index is 0.0685. The van der Waals surface area contributed by atoms with E-state index in [0.29, 0.717) is 37.0 Å². The van der Waals surface area contributed by atoms with Crippen LogP contribution in [0.1, 0.15) is 26.1 Å². The summed E-state index contributed by atoms with van der Waals surface area (Å²) in [5, 5.41) is 18.7. The lowest BCUT2D eigenvalue weighted by Gasteiger charge is -2.52. The topological polar surface area (TPSA) is 94.6 Å². The maximum Gasteiger partial charge on any atom is 0.233 e. The summed E-state index contributed by atoms with van der Waals surface area (Å²) in [7, 11) is 0. The number of thioether (sulfide) groups is 1. The first-order chi connectivity index (χ1) is 12.3. The third kappa shape index (κ3) is 4.39. The molecule has 0 bridgehead atoms. The first-order valence-electron chi connectivity index (χ1n) is 9.11. The van der Waals surface area contributed by atoms with E-state index >= 15 is 0 Å². The second-order valence-corrected chi connectivity index (χ2v) is 8.80. The number of nitrogens with zero attached hydrogens (tertiary/aromatic N) is 4. The number of hydrogen-bond acceptors (Lipinski definition) is 7. The number of aromatic amines is 1. The largest absolute Gasteiger partial charge is 0.388 e. The number of β-amino-alcohol motifs (C(OH)–C–C–N with tert-alkyl or cyclic N) is 1. The standard InChI is InChI=1S/C17H29N5O3S/c1-13-18-15(20-19-13)26-10-14(23)22-5-4-17(24,16(2,3)11-22)12-21-6-8-25-9-7-21/h24H,4-12H2,1-3H3,(H,18,19,20)/t17-/m1/s1. The highest BCUT2D eigenvalue weighted by molar-refractivity contribution is 7.99. The van der Waals surface area contributed by atoms with Crippen LogP contribution in [0.2, 0.25) is 0 Å². The molecule has 2 aliphatic rings. The third-order valence-electron chi connectivity index (χ3n) is 5.48. The Morgan fingerprint density at radius 1 is 1.35 bits per heavy atom. The highest BCUT2D eigenvalue weighted by Gasteiger charge is 2.49. The van der Waals surface area contributed by atoms with Crippen molar-refractivity contribution in [3.05, 3.63) is 5.82 Å². The van der Waals surface area contributed by atoms with Crippen molar-refractivity contribution in [2.75, 3.05) is 51.7 Å². The highest BCUT2D eigenvalue weighted by atomic mass is 32.2. The zero-order valence-electron chi connectivity index (χ0n) is 15.8. The Labute approximate surface area is 158 Å². The van der Waals surface area contributed by atoms with Crippen LogP contribution in [-0.2, 0) is 9.53 Å². The van der Waals surface area contributed by atoms with Crippen LogP contribution in [0.5, 0.6) is 0 Å². The summed E-state index contributed by atoms with van der Waals surface area (Å²) in [4.78, 5) is 20.9. The Balaban J connectivity index is 1.55. The normalized spacial score (nSPS) is 26.8. The minimum Gasteiger partial charge on any atom is -0.388 e. The summed E-state index contributed by atoms with van der Waals surface area (Å²) in [6.07, 6.45) is 0.591. The van der Waals surface area contributed by atoms with E-state index < -0.39 is 5.60 Å². The molecule has 2 fully saturated rings. The van der Waals surface area contributed by atoms with Gasteiger partial charge in [-0.3, -0.25) is 14.8 Å². The van der Waals surface area contributed by atoms with Gasteiger partial charge in [-0.1, -0.05) is 25.6 Å². The Kier molecular flexibility index (Phi) is 5.91. The molecule has 9 heteroatoms. The van der Waals surface area contributed by atoms with Crippen LogP contribution in [0.4, 0.5) is 0 Å². The lowest BCUT2D eigenvalue weighted by atomic mass is 9.69. The lowest BCUT2D eigenvalue weighted by Crippen LogP contribution is -2.63. The van der Waals surface area contributed by atoms with E-state index in [2.05, 4.69) is 33.9 Å². The Bertz CT molecular complexity index is 632. The summed E-state index contributed by atoms with van der Waals surface area (Å²) < 4.78 is 5.40. The maximum absolute atomic E-state index is 12.6. The zero-order chi connectivity index (χ0) is 18.8. The van der Waals surface area contributed by atoms with Gasteiger partial charge in [0.05, 0.1) is 24.6 Å². The number of carbonyl (C=O) groups is 1. The van der Waals surface area contributed by atoms with Crippen LogP contribution in [0.3, 0.4) is 0 Å². The molecule has 0 radical (unpaired) electrons. The van der Waals surface area contributed by atoms with E-state index in [1.807, 2.05) is 11.8 Å². The van der Waals surface area contributed by atoms with Gasteiger partial charge in [-0.25, -0.2) is 4.98 Å². The average Bonchev–Trinajstić information content (AvgIpc) is 3.01. The molecule has 1 amide bonds. The third-order valence-corrected chi connectivity index (χ3v) is 6.32. The molecule has 26 heavy (non-hydrogen) atoms. The van der Waals surface area contributed by atoms with Crippen molar-refractivity contribution >= 4 is 17.7 Å². The fourth-order valence-corrected chi connectivity index (χ4v) is 4.35. The van der Waals surface area contributed by atoms with Gasteiger partial charge in [0.2, 0.25) is 11.1 Å². The number of likely N-dealkylation sites (tertiary alicyclic amines) is 1. The number of rotatable bonds is 5. The molecule has 1 aromatic rings. The summed E-state index contributed by atoms with van der Waals surface area (Å²) in [5.74, 6) is 1.13. The molecule has 1 aromatic heterocycles. The molecule has 3 heterocycles. The van der Waals surface area contributed by atoms with Gasteiger partial charge in [0.25, 0.3) is 0 Å². The molecule has 8 nitrogen and oxygen atoms in total. The summed E-state index contributed by atoms with van der Waals surface area (Å²) in [6, 6.07) is 0. The Hall–Kier alpha value is -1.16. The van der Waals surface area contributed by atoms with E-state index in [0.717, 1.165) is 32.1 Å². The van der Waals surface area contributed by atoms with Gasteiger partial charge in [-0.05, 0) is 13.3 Å². The number of aliphatic hydroxyl groups is 1. The fraction of sp³-hybridized carbons (Fsp3) is 0.824. The number of hydrogen-bond donors (Lipinski definition) is 2. The van der Waals surface area contributed by atoms with Crippen molar-refractivity contribution in [3.63, 3.8) is 0 Å². The van der Waals surface area contributed by atoms with Crippen LogP contribution < -0.4 is 0 Å². The highest BCUT2D eigenvalue weighted by Crippen LogP contribution is 2.39. The summed E-state index contributed by atoms with van der Waals surface area (Å²) >= 11 is 1.34. The number of aromatic nitrogens is 3. The van der Waals surface area contributed by atoms with Crippen LogP contribution in [0.25, 0.3) is 0 Å². The second kappa shape index (κ2) is 7.84. The van der Waals surface area contributed by atoms with Gasteiger partial charge in [0, 0.05) is 38.1 Å². The van der Waals surface area contributed by atoms with Crippen molar-refractivity contribution in [2.24, 2.45) is 5.41 Å². The molecule has 2 aliphatic heterocycles. The van der Waals surface area contributed by atoms with Crippen LogP contribution in [0, 0.1) is 12.3 Å². The number of ether oxygens (including phenoxy) is 1. The molecule has 0 unspecified atom stereocenters. The van der Waals surface area contributed by atoms with E-state index in [-0.39, 0.29) is 11.3 Å². The molecule has 0 aromatic carbocycles. The van der Waals surface area contributed by atoms with Crippen LogP contribution in [0.15, 0.2) is 5.16 Å². The van der Waals surface area contributed by atoms with E-state index in [1.165, 1.54) is 11.8 Å². The minimum atomic E-state index is -0.797. The maximum atomic E-state index is 12.6. The molecule has 0 spiro atoms. The Morgan fingerprint density at radius 2 is 2.08 bits per heavy atom. The summed E-state index contributed by atoms with van der Waals surface area (Å²) in [5.41, 5.74) is -1.17. The number of amides is 1. The van der Waals surface area contributed by atoms with Gasteiger partial charge in [-0.15, -0.1) is 5.10 Å². The number of H-pyrrole nitrogens is 1. The molecule has 146 valence electrons. The number of carbonyl (C=O) groups excluding carboxylic acids is 1. The van der Waals surface area contributed by atoms with Gasteiger partial charge >= 0.3 is 0 Å². The van der Waals surface area contributed by atoms with Crippen molar-refractivity contribution in [1.82, 2.24) is 25.0 Å². The quantitative estimate of drug-likeness (QED) is 0.716. The number of piperidine rings is 1. The Morgan fingerprint density at radius 3 is 2.69 bits per heavy atom. The predicted octanol–water partition coefficient (Wildman–Crippen LogP) is 0.527. The first-order valence-corrected chi connectivity index (χ1v) is 10.1. The second-order valence-electron chi connectivity index (χ2n) is 7.86. The van der Waals surface area contributed by atoms with E-state index in [9.17, 15) is 9.90 Å². The molecule has 2 N–H and O–H groups in total. The molecule has 1 atom stereocenters. The van der Waals surface area contributed by atoms with Crippen LogP contribution in [-0.4, -0.2) is 93.3 Å². The number of morpholine rings is 1. The van der Waals surface area contributed by atoms with Gasteiger partial charge in [0.15, 0.2) is 0 Å². The zero-order valence-corrected chi connectivity index (χ0v) is 16.6. The molecule has 0 aliphatic carbocycles. The number of aryl methyl sites for hydroxylation is 1. The van der Waals surface area contributed by atoms with Gasteiger partial charge in [0.1, 0.15) is 5.82 Å². The van der Waals surface area contributed by atoms with Crippen LogP contribution >= 0.6 is 11.8 Å². The summed E-state index contributed by atoms with van der Waals surface area (Å²) in [6.45, 7) is 10.9. The van der Waals surface area contributed by atoms with Crippen molar-refractivity contribution in [1.29, 1.82) is 0 Å². The lowest BCUT2D eigenvalue weighted by molar-refractivity contribution is -0.155. The van der Waals surface area contributed by atoms with Gasteiger partial charge in [-0.2, -0.15) is 0 Å².